The number of hydrogen-bond donors (Lipinski definition) is 0. The van der Waals surface area contributed by atoms with Crippen molar-refractivity contribution in [1.29, 1.82) is 0 Å². The topological polar surface area (TPSA) is 29.5 Å². The highest BCUT2D eigenvalue weighted by atomic mass is 35.5. The van der Waals surface area contributed by atoms with Crippen molar-refractivity contribution >= 4 is 17.7 Å². The van der Waals surface area contributed by atoms with Crippen LogP contribution in [0.1, 0.15) is 53.4 Å². The second-order valence-electron chi connectivity index (χ2n) is 6.26. The second kappa shape index (κ2) is 6.14. The van der Waals surface area contributed by atoms with E-state index in [1.165, 1.54) is 0 Å². The average molecular weight is 276 g/mol. The van der Waals surface area contributed by atoms with E-state index in [0.29, 0.717) is 11.3 Å². The summed E-state index contributed by atoms with van der Waals surface area (Å²) < 4.78 is 5.40. The van der Waals surface area contributed by atoms with Gasteiger partial charge in [-0.1, -0.05) is 13.3 Å². The molecule has 18 heavy (non-hydrogen) atoms. The first kappa shape index (κ1) is 15.6. The maximum Gasteiger partial charge on any atom is 0.410 e. The van der Waals surface area contributed by atoms with Gasteiger partial charge in [0.1, 0.15) is 5.60 Å². The number of halogens is 1. The van der Waals surface area contributed by atoms with Gasteiger partial charge in [0.05, 0.1) is 0 Å². The van der Waals surface area contributed by atoms with Gasteiger partial charge >= 0.3 is 6.09 Å². The van der Waals surface area contributed by atoms with Gasteiger partial charge in [-0.2, -0.15) is 0 Å². The van der Waals surface area contributed by atoms with Crippen molar-refractivity contribution < 1.29 is 9.53 Å². The highest BCUT2D eigenvalue weighted by Gasteiger charge is 2.35. The van der Waals surface area contributed by atoms with Crippen LogP contribution in [0.5, 0.6) is 0 Å². The lowest BCUT2D eigenvalue weighted by Gasteiger charge is -2.41. The first-order valence-corrected chi connectivity index (χ1v) is 7.39. The van der Waals surface area contributed by atoms with Crippen LogP contribution in [0.15, 0.2) is 0 Å². The molecule has 0 aromatic carbocycles. The maximum atomic E-state index is 11.9. The number of piperidine rings is 1. The van der Waals surface area contributed by atoms with Gasteiger partial charge in [-0.15, -0.1) is 11.6 Å². The van der Waals surface area contributed by atoms with Crippen LogP contribution in [0.2, 0.25) is 0 Å². The van der Waals surface area contributed by atoms with Crippen molar-refractivity contribution in [1.82, 2.24) is 4.90 Å². The van der Waals surface area contributed by atoms with Crippen LogP contribution >= 0.6 is 11.6 Å². The molecule has 0 spiro atoms. The van der Waals surface area contributed by atoms with E-state index in [2.05, 4.69) is 6.92 Å². The number of hydrogen-bond acceptors (Lipinski definition) is 2. The smallest absolute Gasteiger partial charge is 0.410 e. The zero-order valence-electron chi connectivity index (χ0n) is 12.1. The molecule has 0 atom stereocenters. The van der Waals surface area contributed by atoms with E-state index >= 15 is 0 Å². The first-order valence-electron chi connectivity index (χ1n) is 6.86. The summed E-state index contributed by atoms with van der Waals surface area (Å²) in [5, 5.41) is 0. The molecule has 106 valence electrons. The van der Waals surface area contributed by atoms with Crippen molar-refractivity contribution in [3.05, 3.63) is 0 Å². The van der Waals surface area contributed by atoms with Crippen LogP contribution in [-0.2, 0) is 4.74 Å². The number of nitrogens with zero attached hydrogens (tertiary/aromatic N) is 1. The van der Waals surface area contributed by atoms with Gasteiger partial charge in [-0.25, -0.2) is 4.79 Å². The van der Waals surface area contributed by atoms with Gasteiger partial charge in [-0.05, 0) is 45.4 Å². The number of ether oxygens (including phenoxy) is 1. The number of carbonyl (C=O) groups is 1. The summed E-state index contributed by atoms with van der Waals surface area (Å²) in [7, 11) is 0. The molecule has 1 aliphatic rings. The van der Waals surface area contributed by atoms with E-state index in [-0.39, 0.29) is 6.09 Å². The number of amides is 1. The molecule has 1 fully saturated rings. The van der Waals surface area contributed by atoms with E-state index in [1.807, 2.05) is 25.7 Å². The largest absolute Gasteiger partial charge is 0.444 e. The Bertz CT molecular complexity index is 278. The Labute approximate surface area is 116 Å². The fourth-order valence-corrected chi connectivity index (χ4v) is 2.87. The average Bonchev–Trinajstić information content (AvgIpc) is 2.28. The molecular weight excluding hydrogens is 250 g/mol. The van der Waals surface area contributed by atoms with Gasteiger partial charge < -0.3 is 9.64 Å². The maximum absolute atomic E-state index is 11.9. The molecule has 0 bridgehead atoms. The third kappa shape index (κ3) is 4.34. The highest BCUT2D eigenvalue weighted by molar-refractivity contribution is 6.17. The zero-order chi connectivity index (χ0) is 13.8. The molecule has 0 unspecified atom stereocenters. The normalized spacial score (nSPS) is 19.7. The fourth-order valence-electron chi connectivity index (χ4n) is 2.47. The highest BCUT2D eigenvalue weighted by Crippen LogP contribution is 2.38. The van der Waals surface area contributed by atoms with Gasteiger partial charge in [0.15, 0.2) is 0 Å². The lowest BCUT2D eigenvalue weighted by atomic mass is 9.74. The summed E-state index contributed by atoms with van der Waals surface area (Å²) in [4.78, 5) is 13.8. The lowest BCUT2D eigenvalue weighted by Crippen LogP contribution is -2.45. The number of rotatable bonds is 3. The molecule has 0 N–H and O–H groups in total. The fraction of sp³-hybridized carbons (Fsp3) is 0.929. The summed E-state index contributed by atoms with van der Waals surface area (Å²) >= 11 is 5.88. The minimum Gasteiger partial charge on any atom is -0.444 e. The van der Waals surface area contributed by atoms with Crippen LogP contribution in [0.4, 0.5) is 4.79 Å². The van der Waals surface area contributed by atoms with Crippen LogP contribution in [0, 0.1) is 5.41 Å². The number of carbonyl (C=O) groups excluding carboxylic acids is 1. The Morgan fingerprint density at radius 2 is 1.89 bits per heavy atom. The molecule has 4 heteroatoms. The van der Waals surface area contributed by atoms with Gasteiger partial charge in [0.25, 0.3) is 0 Å². The SMILES string of the molecule is CCC1(CCCl)CCN(C(=O)OC(C)(C)C)CC1. The van der Waals surface area contributed by atoms with Crippen molar-refractivity contribution in [2.75, 3.05) is 19.0 Å². The minimum absolute atomic E-state index is 0.182. The molecule has 1 amide bonds. The second-order valence-corrected chi connectivity index (χ2v) is 6.64. The monoisotopic (exact) mass is 275 g/mol. The molecule has 0 aromatic heterocycles. The van der Waals surface area contributed by atoms with E-state index < -0.39 is 5.60 Å². The Balaban J connectivity index is 2.50. The van der Waals surface area contributed by atoms with Crippen molar-refractivity contribution in [2.45, 2.75) is 59.0 Å². The summed E-state index contributed by atoms with van der Waals surface area (Å²) in [6.07, 6.45) is 4.08. The Morgan fingerprint density at radius 3 is 2.28 bits per heavy atom. The molecule has 1 aliphatic heterocycles. The third-order valence-corrected chi connectivity index (χ3v) is 4.04. The van der Waals surface area contributed by atoms with Crippen LogP contribution in [-0.4, -0.2) is 35.6 Å². The molecule has 3 nitrogen and oxygen atoms in total. The minimum atomic E-state index is -0.410. The van der Waals surface area contributed by atoms with Crippen molar-refractivity contribution in [3.8, 4) is 0 Å². The first-order chi connectivity index (χ1) is 8.32. The molecular formula is C14H26ClNO2. The van der Waals surface area contributed by atoms with Crippen molar-refractivity contribution in [2.24, 2.45) is 5.41 Å². The van der Waals surface area contributed by atoms with Crippen molar-refractivity contribution in [3.63, 3.8) is 0 Å². The molecule has 0 aliphatic carbocycles. The Kier molecular flexibility index (Phi) is 5.32. The standard InChI is InChI=1S/C14H26ClNO2/c1-5-14(6-9-15)7-10-16(11-8-14)12(17)18-13(2,3)4/h5-11H2,1-4H3. The van der Waals surface area contributed by atoms with Crippen LogP contribution < -0.4 is 0 Å². The van der Waals surface area contributed by atoms with E-state index in [4.69, 9.17) is 16.3 Å². The van der Waals surface area contributed by atoms with Crippen LogP contribution in [0.3, 0.4) is 0 Å². The molecule has 0 aromatic rings. The van der Waals surface area contributed by atoms with E-state index in [9.17, 15) is 4.79 Å². The molecule has 1 rings (SSSR count). The predicted octanol–water partition coefficient (Wildman–Crippen LogP) is 4.04. The van der Waals surface area contributed by atoms with Gasteiger partial charge in [0, 0.05) is 19.0 Å². The zero-order valence-corrected chi connectivity index (χ0v) is 12.8. The number of alkyl halides is 1. The Hall–Kier alpha value is -0.440. The molecule has 0 saturated carbocycles. The van der Waals surface area contributed by atoms with E-state index in [0.717, 1.165) is 38.8 Å². The van der Waals surface area contributed by atoms with E-state index in [1.54, 1.807) is 0 Å². The molecule has 1 saturated heterocycles. The quantitative estimate of drug-likeness (QED) is 0.728. The lowest BCUT2D eigenvalue weighted by molar-refractivity contribution is 0.00902. The molecule has 1 heterocycles. The molecule has 0 radical (unpaired) electrons. The third-order valence-electron chi connectivity index (χ3n) is 3.85. The van der Waals surface area contributed by atoms with Gasteiger partial charge in [-0.3, -0.25) is 0 Å². The number of likely N-dealkylation sites (tertiary alicyclic amines) is 1. The predicted molar refractivity (Wildman–Crippen MR) is 75.1 cm³/mol. The summed E-state index contributed by atoms with van der Waals surface area (Å²) in [5.74, 6) is 0.709. The summed E-state index contributed by atoms with van der Waals surface area (Å²) in [6, 6.07) is 0. The summed E-state index contributed by atoms with van der Waals surface area (Å²) in [6.45, 7) is 9.50. The summed E-state index contributed by atoms with van der Waals surface area (Å²) in [5.41, 5.74) is -0.0766. The van der Waals surface area contributed by atoms with Crippen LogP contribution in [0.25, 0.3) is 0 Å². The Morgan fingerprint density at radius 1 is 1.33 bits per heavy atom. The van der Waals surface area contributed by atoms with Gasteiger partial charge in [0.2, 0.25) is 0 Å².